The summed E-state index contributed by atoms with van der Waals surface area (Å²) < 4.78 is 2.09. The van der Waals surface area contributed by atoms with Gasteiger partial charge in [-0.1, -0.05) is 19.9 Å². The summed E-state index contributed by atoms with van der Waals surface area (Å²) in [7, 11) is 2.02. The Morgan fingerprint density at radius 1 is 1.32 bits per heavy atom. The topological polar surface area (TPSA) is 42.2 Å². The van der Waals surface area contributed by atoms with Crippen LogP contribution in [0.15, 0.2) is 18.3 Å². The fourth-order valence-electron chi connectivity index (χ4n) is 2.89. The van der Waals surface area contributed by atoms with Crippen molar-refractivity contribution < 1.29 is 9.90 Å². The van der Waals surface area contributed by atoms with E-state index < -0.39 is 5.97 Å². The summed E-state index contributed by atoms with van der Waals surface area (Å²) in [6.07, 6.45) is 2.21. The van der Waals surface area contributed by atoms with Crippen LogP contribution in [0.5, 0.6) is 0 Å². The van der Waals surface area contributed by atoms with E-state index in [-0.39, 0.29) is 11.8 Å². The van der Waals surface area contributed by atoms with Crippen LogP contribution in [-0.4, -0.2) is 15.6 Å². The number of nitrogens with zero attached hydrogens (tertiary/aromatic N) is 1. The van der Waals surface area contributed by atoms with E-state index in [9.17, 15) is 4.79 Å². The number of benzene rings is 1. The minimum atomic E-state index is -0.758. The number of aromatic nitrogens is 1. The number of aryl methyl sites for hydroxylation is 3. The lowest BCUT2D eigenvalue weighted by Gasteiger charge is -2.22. The number of hydrogen-bond acceptors (Lipinski definition) is 1. The van der Waals surface area contributed by atoms with E-state index >= 15 is 0 Å². The van der Waals surface area contributed by atoms with Crippen molar-refractivity contribution >= 4 is 16.9 Å². The molecule has 1 N–H and O–H groups in total. The van der Waals surface area contributed by atoms with Crippen LogP contribution in [-0.2, 0) is 17.3 Å². The van der Waals surface area contributed by atoms with Gasteiger partial charge in [0.25, 0.3) is 0 Å². The van der Waals surface area contributed by atoms with Crippen molar-refractivity contribution in [2.75, 3.05) is 0 Å². The molecule has 0 bridgehead atoms. The van der Waals surface area contributed by atoms with Crippen LogP contribution in [0.3, 0.4) is 0 Å². The summed E-state index contributed by atoms with van der Waals surface area (Å²) in [5, 5.41) is 10.3. The standard InChI is InChI=1S/C16H21NO2/c1-10-6-11(2)15-12(9-17(5)13(15)7-10)16(3,4)8-14(18)19/h6-7,9H,8H2,1-5H3,(H,18,19). The van der Waals surface area contributed by atoms with E-state index in [0.717, 1.165) is 5.56 Å². The molecule has 0 saturated heterocycles. The van der Waals surface area contributed by atoms with Crippen LogP contribution < -0.4 is 0 Å². The smallest absolute Gasteiger partial charge is 0.304 e. The highest BCUT2D eigenvalue weighted by Gasteiger charge is 2.28. The molecular formula is C16H21NO2. The van der Waals surface area contributed by atoms with Crippen molar-refractivity contribution in [3.05, 3.63) is 35.0 Å². The highest BCUT2D eigenvalue weighted by atomic mass is 16.4. The summed E-state index contributed by atoms with van der Waals surface area (Å²) in [5.74, 6) is -0.758. The number of aliphatic carboxylic acids is 1. The van der Waals surface area contributed by atoms with Gasteiger partial charge in [0.1, 0.15) is 0 Å². The summed E-state index contributed by atoms with van der Waals surface area (Å²) in [6, 6.07) is 4.31. The lowest BCUT2D eigenvalue weighted by molar-refractivity contribution is -0.138. The Kier molecular flexibility index (Phi) is 3.17. The predicted octanol–water partition coefficient (Wildman–Crippen LogP) is 3.55. The maximum Gasteiger partial charge on any atom is 0.304 e. The van der Waals surface area contributed by atoms with Crippen molar-refractivity contribution in [1.82, 2.24) is 4.57 Å². The van der Waals surface area contributed by atoms with Crippen molar-refractivity contribution in [3.63, 3.8) is 0 Å². The lowest BCUT2D eigenvalue weighted by atomic mass is 9.80. The Morgan fingerprint density at radius 3 is 2.53 bits per heavy atom. The fraction of sp³-hybridized carbons (Fsp3) is 0.438. The quantitative estimate of drug-likeness (QED) is 0.916. The normalized spacial score (nSPS) is 12.1. The monoisotopic (exact) mass is 259 g/mol. The van der Waals surface area contributed by atoms with Crippen molar-refractivity contribution in [3.8, 4) is 0 Å². The minimum Gasteiger partial charge on any atom is -0.481 e. The number of rotatable bonds is 3. The average Bonchev–Trinajstić information content (AvgIpc) is 2.55. The van der Waals surface area contributed by atoms with E-state index in [2.05, 4.69) is 36.7 Å². The first kappa shape index (κ1) is 13.7. The van der Waals surface area contributed by atoms with Gasteiger partial charge in [-0.05, 0) is 36.6 Å². The average molecular weight is 259 g/mol. The van der Waals surface area contributed by atoms with Crippen molar-refractivity contribution in [2.45, 2.75) is 39.5 Å². The number of fused-ring (bicyclic) bond motifs is 1. The molecule has 0 saturated carbocycles. The van der Waals surface area contributed by atoms with E-state index in [0.29, 0.717) is 0 Å². The van der Waals surface area contributed by atoms with Crippen LogP contribution in [0, 0.1) is 13.8 Å². The highest BCUT2D eigenvalue weighted by Crippen LogP contribution is 2.36. The van der Waals surface area contributed by atoms with Gasteiger partial charge in [0.15, 0.2) is 0 Å². The molecular weight excluding hydrogens is 238 g/mol. The van der Waals surface area contributed by atoms with Gasteiger partial charge in [-0.15, -0.1) is 0 Å². The summed E-state index contributed by atoms with van der Waals surface area (Å²) >= 11 is 0. The van der Waals surface area contributed by atoms with Gasteiger partial charge in [-0.2, -0.15) is 0 Å². The van der Waals surface area contributed by atoms with Crippen molar-refractivity contribution in [1.29, 1.82) is 0 Å². The zero-order valence-electron chi connectivity index (χ0n) is 12.2. The zero-order valence-corrected chi connectivity index (χ0v) is 12.2. The second-order valence-electron chi connectivity index (χ2n) is 6.08. The van der Waals surface area contributed by atoms with Gasteiger partial charge in [-0.25, -0.2) is 0 Å². The zero-order chi connectivity index (χ0) is 14.4. The molecule has 0 radical (unpaired) electrons. The fourth-order valence-corrected chi connectivity index (χ4v) is 2.89. The first-order valence-electron chi connectivity index (χ1n) is 6.51. The number of carbonyl (C=O) groups is 1. The molecule has 2 rings (SSSR count). The number of hydrogen-bond donors (Lipinski definition) is 1. The molecule has 0 fully saturated rings. The van der Waals surface area contributed by atoms with Crippen LogP contribution in [0.1, 0.15) is 37.0 Å². The largest absolute Gasteiger partial charge is 0.481 e. The predicted molar refractivity (Wildman–Crippen MR) is 77.7 cm³/mol. The first-order chi connectivity index (χ1) is 8.72. The van der Waals surface area contributed by atoms with Gasteiger partial charge >= 0.3 is 5.97 Å². The summed E-state index contributed by atoms with van der Waals surface area (Å²) in [6.45, 7) is 8.17. The number of carboxylic acid groups (broad SMARTS) is 1. The Labute approximate surface area is 113 Å². The van der Waals surface area contributed by atoms with Crippen molar-refractivity contribution in [2.24, 2.45) is 7.05 Å². The van der Waals surface area contributed by atoms with E-state index in [4.69, 9.17) is 5.11 Å². The molecule has 0 amide bonds. The van der Waals surface area contributed by atoms with Crippen LogP contribution >= 0.6 is 0 Å². The van der Waals surface area contributed by atoms with E-state index in [1.54, 1.807) is 0 Å². The number of carboxylic acids is 1. The maximum atomic E-state index is 11.1. The molecule has 0 aliphatic rings. The SMILES string of the molecule is Cc1cc(C)c2c(C(C)(C)CC(=O)O)cn(C)c2c1. The van der Waals surface area contributed by atoms with Crippen LogP contribution in [0.25, 0.3) is 10.9 Å². The van der Waals surface area contributed by atoms with Gasteiger partial charge in [0, 0.05) is 29.6 Å². The minimum absolute atomic E-state index is 0.138. The second-order valence-corrected chi connectivity index (χ2v) is 6.08. The van der Waals surface area contributed by atoms with Crippen LogP contribution in [0.2, 0.25) is 0 Å². The molecule has 0 aliphatic carbocycles. The third kappa shape index (κ3) is 2.37. The third-order valence-electron chi connectivity index (χ3n) is 3.75. The van der Waals surface area contributed by atoms with Gasteiger partial charge < -0.3 is 9.67 Å². The summed E-state index contributed by atoms with van der Waals surface area (Å²) in [5.41, 5.74) is 4.36. The van der Waals surface area contributed by atoms with Crippen LogP contribution in [0.4, 0.5) is 0 Å². The third-order valence-corrected chi connectivity index (χ3v) is 3.75. The van der Waals surface area contributed by atoms with Gasteiger partial charge in [0.05, 0.1) is 6.42 Å². The molecule has 2 aromatic rings. The molecule has 3 heteroatoms. The molecule has 0 aliphatic heterocycles. The second kappa shape index (κ2) is 4.41. The molecule has 0 spiro atoms. The molecule has 3 nitrogen and oxygen atoms in total. The van der Waals surface area contributed by atoms with Gasteiger partial charge in [-0.3, -0.25) is 4.79 Å². The Balaban J connectivity index is 2.72. The lowest BCUT2D eigenvalue weighted by Crippen LogP contribution is -2.21. The molecule has 1 heterocycles. The maximum absolute atomic E-state index is 11.1. The molecule has 1 aromatic heterocycles. The van der Waals surface area contributed by atoms with E-state index in [1.165, 1.54) is 22.0 Å². The molecule has 19 heavy (non-hydrogen) atoms. The summed E-state index contributed by atoms with van der Waals surface area (Å²) in [4.78, 5) is 11.1. The highest BCUT2D eigenvalue weighted by molar-refractivity contribution is 5.89. The van der Waals surface area contributed by atoms with E-state index in [1.807, 2.05) is 20.9 Å². The van der Waals surface area contributed by atoms with Gasteiger partial charge in [0.2, 0.25) is 0 Å². The molecule has 1 aromatic carbocycles. The Morgan fingerprint density at radius 2 is 1.95 bits per heavy atom. The Hall–Kier alpha value is -1.77. The Bertz CT molecular complexity index is 650. The molecule has 102 valence electrons. The molecule has 0 atom stereocenters. The molecule has 0 unspecified atom stereocenters. The first-order valence-corrected chi connectivity index (χ1v) is 6.51.